The van der Waals surface area contributed by atoms with E-state index in [2.05, 4.69) is 25.7 Å². The van der Waals surface area contributed by atoms with Crippen LogP contribution in [-0.2, 0) is 9.53 Å². The molecule has 110 valence electrons. The summed E-state index contributed by atoms with van der Waals surface area (Å²) in [6.07, 6.45) is 5.12. The quantitative estimate of drug-likeness (QED) is 0.855. The fourth-order valence-corrected chi connectivity index (χ4v) is 3.80. The maximum absolute atomic E-state index is 11.7. The van der Waals surface area contributed by atoms with Gasteiger partial charge in [0.15, 0.2) is 0 Å². The van der Waals surface area contributed by atoms with Gasteiger partial charge in [0.1, 0.15) is 0 Å². The molecule has 2 aliphatic rings. The van der Waals surface area contributed by atoms with Gasteiger partial charge in [-0.25, -0.2) is 0 Å². The summed E-state index contributed by atoms with van der Waals surface area (Å²) in [5.41, 5.74) is -0.697. The minimum Gasteiger partial charge on any atom is -0.481 e. The molecule has 2 fully saturated rings. The molecule has 0 radical (unpaired) electrons. The zero-order valence-electron chi connectivity index (χ0n) is 12.4. The van der Waals surface area contributed by atoms with Crippen LogP contribution >= 0.6 is 0 Å². The van der Waals surface area contributed by atoms with Crippen LogP contribution in [0, 0.1) is 5.41 Å². The lowest BCUT2D eigenvalue weighted by atomic mass is 9.73. The number of aliphatic carboxylic acids is 1. The highest BCUT2D eigenvalue weighted by Crippen LogP contribution is 2.38. The molecule has 1 saturated heterocycles. The number of hydrogen-bond acceptors (Lipinski definition) is 3. The van der Waals surface area contributed by atoms with Gasteiger partial charge in [-0.1, -0.05) is 19.3 Å². The number of ether oxygens (including phenoxy) is 1. The van der Waals surface area contributed by atoms with E-state index in [4.69, 9.17) is 4.74 Å². The largest absolute Gasteiger partial charge is 0.481 e. The highest BCUT2D eigenvalue weighted by atomic mass is 16.5. The van der Waals surface area contributed by atoms with E-state index in [0.717, 1.165) is 38.8 Å². The number of carbonyl (C=O) groups is 1. The van der Waals surface area contributed by atoms with Crippen molar-refractivity contribution < 1.29 is 14.6 Å². The molecule has 0 aromatic carbocycles. The molecule has 0 bridgehead atoms. The van der Waals surface area contributed by atoms with Crippen molar-refractivity contribution >= 4 is 5.97 Å². The lowest BCUT2D eigenvalue weighted by molar-refractivity contribution is -0.161. The second-order valence-electron chi connectivity index (χ2n) is 7.00. The van der Waals surface area contributed by atoms with E-state index in [1.807, 2.05) is 0 Å². The van der Waals surface area contributed by atoms with Gasteiger partial charge in [-0.2, -0.15) is 0 Å². The molecule has 1 saturated carbocycles. The van der Waals surface area contributed by atoms with Gasteiger partial charge in [0, 0.05) is 19.6 Å². The zero-order valence-corrected chi connectivity index (χ0v) is 12.4. The van der Waals surface area contributed by atoms with Crippen molar-refractivity contribution in [3.63, 3.8) is 0 Å². The summed E-state index contributed by atoms with van der Waals surface area (Å²) >= 11 is 0. The highest BCUT2D eigenvalue weighted by Gasteiger charge is 2.43. The Balaban J connectivity index is 2.06. The number of carboxylic acid groups (broad SMARTS) is 1. The first-order valence-corrected chi connectivity index (χ1v) is 7.47. The molecule has 1 aliphatic heterocycles. The molecule has 1 atom stereocenters. The van der Waals surface area contributed by atoms with Crippen molar-refractivity contribution in [1.29, 1.82) is 0 Å². The van der Waals surface area contributed by atoms with Gasteiger partial charge < -0.3 is 9.84 Å². The van der Waals surface area contributed by atoms with Crippen molar-refractivity contribution in [2.45, 2.75) is 64.6 Å². The summed E-state index contributed by atoms with van der Waals surface area (Å²) < 4.78 is 5.90. The fraction of sp³-hybridized carbons (Fsp3) is 0.933. The summed E-state index contributed by atoms with van der Waals surface area (Å²) in [7, 11) is 0. The number of carboxylic acids is 1. The number of hydrogen-bond donors (Lipinski definition) is 1. The Bertz CT molecular complexity index is 334. The van der Waals surface area contributed by atoms with Crippen molar-refractivity contribution in [2.75, 3.05) is 19.6 Å². The van der Waals surface area contributed by atoms with Crippen LogP contribution in [0.4, 0.5) is 0 Å². The van der Waals surface area contributed by atoms with E-state index in [-0.39, 0.29) is 11.7 Å². The summed E-state index contributed by atoms with van der Waals surface area (Å²) in [6.45, 7) is 8.60. The third kappa shape index (κ3) is 3.48. The molecule has 0 aromatic rings. The highest BCUT2D eigenvalue weighted by molar-refractivity contribution is 5.75. The van der Waals surface area contributed by atoms with Gasteiger partial charge >= 0.3 is 5.97 Å². The van der Waals surface area contributed by atoms with Crippen LogP contribution in [0.15, 0.2) is 0 Å². The van der Waals surface area contributed by atoms with Crippen LogP contribution in [0.1, 0.15) is 52.9 Å². The van der Waals surface area contributed by atoms with Crippen LogP contribution < -0.4 is 0 Å². The van der Waals surface area contributed by atoms with Crippen LogP contribution in [0.2, 0.25) is 0 Å². The molecule has 1 unspecified atom stereocenters. The number of morpholine rings is 1. The van der Waals surface area contributed by atoms with E-state index in [1.54, 1.807) is 0 Å². The molecule has 2 rings (SSSR count). The van der Waals surface area contributed by atoms with E-state index in [0.29, 0.717) is 6.54 Å². The maximum Gasteiger partial charge on any atom is 0.310 e. The first-order valence-electron chi connectivity index (χ1n) is 7.47. The van der Waals surface area contributed by atoms with Gasteiger partial charge in [0.25, 0.3) is 0 Å². The lowest BCUT2D eigenvalue weighted by Crippen LogP contribution is -2.56. The van der Waals surface area contributed by atoms with E-state index < -0.39 is 11.4 Å². The first-order chi connectivity index (χ1) is 8.83. The minimum absolute atomic E-state index is 0.175. The van der Waals surface area contributed by atoms with Crippen LogP contribution in [0.3, 0.4) is 0 Å². The molecular formula is C15H27NO3. The predicted molar refractivity (Wildman–Crippen MR) is 74.2 cm³/mol. The van der Waals surface area contributed by atoms with Crippen LogP contribution in [0.5, 0.6) is 0 Å². The Morgan fingerprint density at radius 2 is 1.95 bits per heavy atom. The second-order valence-corrected chi connectivity index (χ2v) is 7.00. The SMILES string of the molecule is CC1CN(CC2(C(=O)O)CCCCC2)CC(C)(C)O1. The Kier molecular flexibility index (Phi) is 4.21. The monoisotopic (exact) mass is 269 g/mol. The molecular weight excluding hydrogens is 242 g/mol. The Morgan fingerprint density at radius 3 is 2.47 bits per heavy atom. The van der Waals surface area contributed by atoms with E-state index in [1.165, 1.54) is 6.42 Å². The Labute approximate surface area is 116 Å². The third-order valence-corrected chi connectivity index (χ3v) is 4.43. The second kappa shape index (κ2) is 5.41. The predicted octanol–water partition coefficient (Wildman–Crippen LogP) is 2.52. The van der Waals surface area contributed by atoms with Gasteiger partial charge in [0.05, 0.1) is 17.1 Å². The average molecular weight is 269 g/mol. The molecule has 4 nitrogen and oxygen atoms in total. The summed E-state index contributed by atoms with van der Waals surface area (Å²) in [5, 5.41) is 9.66. The zero-order chi connectivity index (χ0) is 14.1. The topological polar surface area (TPSA) is 49.8 Å². The molecule has 1 N–H and O–H groups in total. The lowest BCUT2D eigenvalue weighted by Gasteiger charge is -2.45. The molecule has 0 aromatic heterocycles. The molecule has 1 heterocycles. The van der Waals surface area contributed by atoms with Gasteiger partial charge in [-0.05, 0) is 33.6 Å². The number of nitrogens with zero attached hydrogens (tertiary/aromatic N) is 1. The van der Waals surface area contributed by atoms with Crippen LogP contribution in [-0.4, -0.2) is 47.3 Å². The van der Waals surface area contributed by atoms with Crippen molar-refractivity contribution in [1.82, 2.24) is 4.90 Å². The normalized spacial score (nSPS) is 31.0. The van der Waals surface area contributed by atoms with Gasteiger partial charge in [-0.15, -0.1) is 0 Å². The standard InChI is InChI=1S/C15H27NO3/c1-12-9-16(10-14(2,3)19-12)11-15(13(17)18)7-5-4-6-8-15/h12H,4-11H2,1-3H3,(H,17,18). The molecule has 0 amide bonds. The van der Waals surface area contributed by atoms with Crippen LogP contribution in [0.25, 0.3) is 0 Å². The fourth-order valence-electron chi connectivity index (χ4n) is 3.80. The van der Waals surface area contributed by atoms with Crippen molar-refractivity contribution in [2.24, 2.45) is 5.41 Å². The van der Waals surface area contributed by atoms with E-state index in [9.17, 15) is 9.90 Å². The maximum atomic E-state index is 11.7. The summed E-state index contributed by atoms with van der Waals surface area (Å²) in [6, 6.07) is 0. The Hall–Kier alpha value is -0.610. The van der Waals surface area contributed by atoms with Gasteiger partial charge in [0.2, 0.25) is 0 Å². The molecule has 0 spiro atoms. The van der Waals surface area contributed by atoms with Gasteiger partial charge in [-0.3, -0.25) is 9.69 Å². The third-order valence-electron chi connectivity index (χ3n) is 4.43. The molecule has 4 heteroatoms. The Morgan fingerprint density at radius 1 is 1.32 bits per heavy atom. The molecule has 19 heavy (non-hydrogen) atoms. The smallest absolute Gasteiger partial charge is 0.310 e. The number of rotatable bonds is 3. The molecule has 1 aliphatic carbocycles. The first kappa shape index (κ1) is 14.8. The van der Waals surface area contributed by atoms with Crippen molar-refractivity contribution in [3.8, 4) is 0 Å². The van der Waals surface area contributed by atoms with Crippen molar-refractivity contribution in [3.05, 3.63) is 0 Å². The summed E-state index contributed by atoms with van der Waals surface area (Å²) in [4.78, 5) is 14.0. The average Bonchev–Trinajstić information content (AvgIpc) is 2.26. The summed E-state index contributed by atoms with van der Waals surface area (Å²) in [5.74, 6) is -0.607. The van der Waals surface area contributed by atoms with E-state index >= 15 is 0 Å². The minimum atomic E-state index is -0.607.